The largest absolute Gasteiger partial charge is 0.513 e. The van der Waals surface area contributed by atoms with E-state index in [1.165, 1.54) is 0 Å². The molecule has 0 radical (unpaired) electrons. The fourth-order valence-electron chi connectivity index (χ4n) is 4.26. The van der Waals surface area contributed by atoms with Crippen molar-refractivity contribution in [2.45, 2.75) is 37.3 Å². The van der Waals surface area contributed by atoms with Crippen LogP contribution in [-0.2, 0) is 35.2 Å². The molecule has 0 aromatic heterocycles. The highest BCUT2D eigenvalue weighted by Crippen LogP contribution is 2.26. The van der Waals surface area contributed by atoms with Gasteiger partial charge in [0, 0.05) is 25.7 Å². The highest BCUT2D eigenvalue weighted by molar-refractivity contribution is 5.61. The maximum Gasteiger partial charge on any atom is 0.513 e. The molecule has 0 aliphatic carbocycles. The third-order valence-electron chi connectivity index (χ3n) is 5.84. The minimum Gasteiger partial charge on any atom is -0.401 e. The molecule has 4 aromatic rings. The monoisotopic (exact) mass is 482 g/mol. The Morgan fingerprint density at radius 2 is 0.694 bits per heavy atom. The number of aliphatic hydroxyl groups is 2. The van der Waals surface area contributed by atoms with Crippen LogP contribution < -0.4 is 0 Å². The van der Waals surface area contributed by atoms with Gasteiger partial charge in [-0.3, -0.25) is 0 Å². The predicted octanol–water partition coefficient (Wildman–Crippen LogP) is 5.49. The molecule has 5 nitrogen and oxygen atoms in total. The maximum atomic E-state index is 13.1. The topological polar surface area (TPSA) is 76.0 Å². The molecule has 0 aliphatic heterocycles. The fraction of sp³-hybridized carbons (Fsp3) is 0.194. The van der Waals surface area contributed by atoms with Crippen molar-refractivity contribution in [3.8, 4) is 0 Å². The Morgan fingerprint density at radius 3 is 0.917 bits per heavy atom. The van der Waals surface area contributed by atoms with Crippen LogP contribution in [0.3, 0.4) is 0 Å². The first-order valence-electron chi connectivity index (χ1n) is 11.9. The Morgan fingerprint density at radius 1 is 0.472 bits per heavy atom. The molecule has 0 amide bonds. The first-order chi connectivity index (χ1) is 17.4. The number of carbonyl (C=O) groups is 1. The van der Waals surface area contributed by atoms with Crippen LogP contribution in [0.15, 0.2) is 121 Å². The van der Waals surface area contributed by atoms with E-state index in [1.807, 2.05) is 121 Å². The molecule has 0 heterocycles. The zero-order chi connectivity index (χ0) is 25.3. The van der Waals surface area contributed by atoms with Gasteiger partial charge in [0.1, 0.15) is 0 Å². The number of hydrogen-bond acceptors (Lipinski definition) is 5. The second kappa shape index (κ2) is 11.7. The second-order valence-corrected chi connectivity index (χ2v) is 9.00. The van der Waals surface area contributed by atoms with Crippen molar-refractivity contribution < 1.29 is 24.5 Å². The molecule has 2 N–H and O–H groups in total. The van der Waals surface area contributed by atoms with E-state index in [4.69, 9.17) is 9.47 Å². The summed E-state index contributed by atoms with van der Waals surface area (Å²) in [5, 5.41) is 22.9. The van der Waals surface area contributed by atoms with Crippen LogP contribution in [0, 0.1) is 0 Å². The summed E-state index contributed by atoms with van der Waals surface area (Å²) < 4.78 is 11.1. The molecule has 0 fully saturated rings. The van der Waals surface area contributed by atoms with Crippen LogP contribution in [0.4, 0.5) is 4.79 Å². The van der Waals surface area contributed by atoms with Gasteiger partial charge in [-0.25, -0.2) is 4.79 Å². The summed E-state index contributed by atoms with van der Waals surface area (Å²) in [6, 6.07) is 37.2. The molecule has 0 saturated carbocycles. The third kappa shape index (κ3) is 7.54. The van der Waals surface area contributed by atoms with E-state index in [1.54, 1.807) is 0 Å². The van der Waals surface area contributed by atoms with Crippen molar-refractivity contribution in [1.29, 1.82) is 0 Å². The summed E-state index contributed by atoms with van der Waals surface area (Å²) in [6.45, 7) is 0. The summed E-state index contributed by atoms with van der Waals surface area (Å²) >= 11 is 0. The van der Waals surface area contributed by atoms with E-state index in [9.17, 15) is 15.0 Å². The number of ether oxygens (including phenoxy) is 2. The lowest BCUT2D eigenvalue weighted by atomic mass is 9.97. The van der Waals surface area contributed by atoms with Crippen molar-refractivity contribution in [2.75, 3.05) is 0 Å². The highest BCUT2D eigenvalue weighted by atomic mass is 16.8. The Kier molecular flexibility index (Phi) is 8.16. The van der Waals surface area contributed by atoms with E-state index < -0.39 is 17.7 Å². The number of hydrogen-bond donors (Lipinski definition) is 2. The maximum absolute atomic E-state index is 13.1. The normalized spacial score (nSPS) is 11.6. The van der Waals surface area contributed by atoms with Gasteiger partial charge in [-0.15, -0.1) is 0 Å². The van der Waals surface area contributed by atoms with Gasteiger partial charge < -0.3 is 19.7 Å². The van der Waals surface area contributed by atoms with Crippen LogP contribution in [0.25, 0.3) is 0 Å². The molecule has 0 atom stereocenters. The van der Waals surface area contributed by atoms with Gasteiger partial charge in [0.15, 0.2) is 0 Å². The van der Waals surface area contributed by atoms with Gasteiger partial charge in [0.2, 0.25) is 11.6 Å². The number of rotatable bonds is 10. The molecule has 0 saturated heterocycles. The number of benzene rings is 4. The van der Waals surface area contributed by atoms with Crippen molar-refractivity contribution in [2.24, 2.45) is 0 Å². The highest BCUT2D eigenvalue weighted by Gasteiger charge is 2.38. The van der Waals surface area contributed by atoms with Gasteiger partial charge in [-0.2, -0.15) is 0 Å². The summed E-state index contributed by atoms with van der Waals surface area (Å²) in [5.74, 6) is -3.75. The van der Waals surface area contributed by atoms with Gasteiger partial charge in [-0.05, 0) is 22.3 Å². The van der Waals surface area contributed by atoms with E-state index in [-0.39, 0.29) is 25.7 Å². The van der Waals surface area contributed by atoms with Gasteiger partial charge >= 0.3 is 6.16 Å². The Balaban J connectivity index is 1.55. The zero-order valence-electron chi connectivity index (χ0n) is 20.0. The first kappa shape index (κ1) is 25.2. The van der Waals surface area contributed by atoms with Crippen molar-refractivity contribution in [3.63, 3.8) is 0 Å². The molecule has 0 unspecified atom stereocenters. The Labute approximate surface area is 211 Å². The molecule has 5 heteroatoms. The third-order valence-corrected chi connectivity index (χ3v) is 5.84. The molecular formula is C31H30O5. The van der Waals surface area contributed by atoms with Gasteiger partial charge in [0.25, 0.3) is 0 Å². The summed E-state index contributed by atoms with van der Waals surface area (Å²) in [5.41, 5.74) is 3.19. The minimum absolute atomic E-state index is 0.0631. The lowest BCUT2D eigenvalue weighted by molar-refractivity contribution is -0.221. The molecule has 4 rings (SSSR count). The molecule has 36 heavy (non-hydrogen) atoms. The molecule has 4 aromatic carbocycles. The van der Waals surface area contributed by atoms with Crippen molar-refractivity contribution in [3.05, 3.63) is 144 Å². The molecule has 0 aliphatic rings. The van der Waals surface area contributed by atoms with Crippen LogP contribution in [-0.4, -0.2) is 27.9 Å². The standard InChI is InChI=1S/C31H30O5/c32-29(35-30(33,21-25-13-5-1-6-14-25)22-26-15-7-2-8-16-26)36-31(34,23-27-17-9-3-10-18-27)24-28-19-11-4-12-20-28/h1-20,33-34H,21-24H2. The summed E-state index contributed by atoms with van der Waals surface area (Å²) in [4.78, 5) is 13.1. The SMILES string of the molecule is O=C(OC(O)(Cc1ccccc1)Cc1ccccc1)OC(O)(Cc1ccccc1)Cc1ccccc1. The minimum atomic E-state index is -1.87. The lowest BCUT2D eigenvalue weighted by Crippen LogP contribution is -2.45. The molecule has 0 spiro atoms. The average molecular weight is 483 g/mol. The zero-order valence-corrected chi connectivity index (χ0v) is 20.0. The van der Waals surface area contributed by atoms with E-state index in [0.717, 1.165) is 22.3 Å². The second-order valence-electron chi connectivity index (χ2n) is 9.00. The van der Waals surface area contributed by atoms with E-state index in [0.29, 0.717) is 0 Å². The molecule has 184 valence electrons. The molecule has 0 bridgehead atoms. The van der Waals surface area contributed by atoms with Crippen molar-refractivity contribution in [1.82, 2.24) is 0 Å². The van der Waals surface area contributed by atoms with Crippen LogP contribution >= 0.6 is 0 Å². The lowest BCUT2D eigenvalue weighted by Gasteiger charge is -2.32. The van der Waals surface area contributed by atoms with Crippen molar-refractivity contribution >= 4 is 6.16 Å². The van der Waals surface area contributed by atoms with E-state index >= 15 is 0 Å². The summed E-state index contributed by atoms with van der Waals surface area (Å²) in [6.07, 6.45) is -0.888. The Hall–Kier alpha value is -3.93. The van der Waals surface area contributed by atoms with Crippen LogP contribution in [0.2, 0.25) is 0 Å². The smallest absolute Gasteiger partial charge is 0.401 e. The predicted molar refractivity (Wildman–Crippen MR) is 138 cm³/mol. The Bertz CT molecular complexity index is 1030. The number of carbonyl (C=O) groups excluding carboxylic acids is 1. The van der Waals surface area contributed by atoms with Gasteiger partial charge in [0.05, 0.1) is 0 Å². The van der Waals surface area contributed by atoms with Gasteiger partial charge in [-0.1, -0.05) is 121 Å². The average Bonchev–Trinajstić information content (AvgIpc) is 2.85. The van der Waals surface area contributed by atoms with Crippen LogP contribution in [0.1, 0.15) is 22.3 Å². The summed E-state index contributed by atoms with van der Waals surface area (Å²) in [7, 11) is 0. The van der Waals surface area contributed by atoms with E-state index in [2.05, 4.69) is 0 Å². The molecular weight excluding hydrogens is 452 g/mol. The first-order valence-corrected chi connectivity index (χ1v) is 11.9. The fourth-order valence-corrected chi connectivity index (χ4v) is 4.26. The van der Waals surface area contributed by atoms with Crippen LogP contribution in [0.5, 0.6) is 0 Å². The quantitative estimate of drug-likeness (QED) is 0.231.